The third-order valence-corrected chi connectivity index (χ3v) is 3.89. The van der Waals surface area contributed by atoms with E-state index in [-0.39, 0.29) is 23.4 Å². The van der Waals surface area contributed by atoms with Gasteiger partial charge in [0.2, 0.25) is 5.78 Å². The Morgan fingerprint density at radius 2 is 2.17 bits per heavy atom. The molecule has 2 aliphatic rings. The molecule has 116 valence electrons. The lowest BCUT2D eigenvalue weighted by molar-refractivity contribution is -0.135. The minimum absolute atomic E-state index is 0.0144. The molecule has 1 aromatic carbocycles. The topological polar surface area (TPSA) is 65.7 Å². The second kappa shape index (κ2) is 5.12. The van der Waals surface area contributed by atoms with Gasteiger partial charge < -0.3 is 13.9 Å². The van der Waals surface area contributed by atoms with Gasteiger partial charge in [-0.3, -0.25) is 9.59 Å². The van der Waals surface area contributed by atoms with Crippen molar-refractivity contribution in [1.82, 2.24) is 0 Å². The van der Waals surface area contributed by atoms with Crippen LogP contribution in [-0.2, 0) is 4.79 Å². The highest BCUT2D eigenvalue weighted by Crippen LogP contribution is 2.38. The van der Waals surface area contributed by atoms with Gasteiger partial charge in [0.15, 0.2) is 5.76 Å². The summed E-state index contributed by atoms with van der Waals surface area (Å²) >= 11 is 0. The van der Waals surface area contributed by atoms with Crippen molar-refractivity contribution in [3.05, 3.63) is 53.2 Å². The highest BCUT2D eigenvalue weighted by atomic mass is 16.5. The predicted molar refractivity (Wildman–Crippen MR) is 81.2 cm³/mol. The molecule has 0 spiro atoms. The van der Waals surface area contributed by atoms with Gasteiger partial charge in [0.05, 0.1) is 17.7 Å². The predicted octanol–water partition coefficient (Wildman–Crippen LogP) is 3.52. The molecule has 0 N–H and O–H groups in total. The molecule has 2 heterocycles. The first kappa shape index (κ1) is 13.8. The van der Waals surface area contributed by atoms with Gasteiger partial charge in [0.25, 0.3) is 0 Å². The molecular formula is C18H14O5. The molecule has 1 saturated carbocycles. The van der Waals surface area contributed by atoms with Crippen molar-refractivity contribution in [2.24, 2.45) is 5.92 Å². The monoisotopic (exact) mass is 310 g/mol. The SMILES string of the molecule is Cc1cc(OC(=O)C2CC2)cc2c1C(=O)/C(=C/c1ccco1)O2. The van der Waals surface area contributed by atoms with Crippen LogP contribution < -0.4 is 9.47 Å². The molecule has 23 heavy (non-hydrogen) atoms. The molecule has 5 nitrogen and oxygen atoms in total. The summed E-state index contributed by atoms with van der Waals surface area (Å²) < 4.78 is 16.2. The van der Waals surface area contributed by atoms with Gasteiger partial charge in [-0.2, -0.15) is 0 Å². The van der Waals surface area contributed by atoms with Crippen molar-refractivity contribution >= 4 is 17.8 Å². The molecule has 0 bridgehead atoms. The average Bonchev–Trinajstić information content (AvgIpc) is 3.16. The Hall–Kier alpha value is -2.82. The van der Waals surface area contributed by atoms with Crippen LogP contribution in [0, 0.1) is 12.8 Å². The number of furan rings is 1. The van der Waals surface area contributed by atoms with Gasteiger partial charge in [0, 0.05) is 12.1 Å². The second-order valence-electron chi connectivity index (χ2n) is 5.76. The third kappa shape index (κ3) is 2.54. The van der Waals surface area contributed by atoms with Crippen molar-refractivity contribution in [3.63, 3.8) is 0 Å². The van der Waals surface area contributed by atoms with Crippen LogP contribution in [0.3, 0.4) is 0 Å². The maximum atomic E-state index is 12.5. The number of ketones is 1. The van der Waals surface area contributed by atoms with Crippen LogP contribution in [0.5, 0.6) is 11.5 Å². The number of hydrogen-bond donors (Lipinski definition) is 0. The maximum Gasteiger partial charge on any atom is 0.314 e. The quantitative estimate of drug-likeness (QED) is 0.493. The number of carbonyl (C=O) groups is 2. The van der Waals surface area contributed by atoms with E-state index < -0.39 is 0 Å². The van der Waals surface area contributed by atoms with Crippen molar-refractivity contribution < 1.29 is 23.5 Å². The maximum absolute atomic E-state index is 12.5. The zero-order valence-electron chi connectivity index (χ0n) is 12.5. The Bertz CT molecular complexity index is 825. The molecule has 0 unspecified atom stereocenters. The van der Waals surface area contributed by atoms with E-state index in [2.05, 4.69) is 0 Å². The van der Waals surface area contributed by atoms with E-state index in [4.69, 9.17) is 13.9 Å². The Morgan fingerprint density at radius 3 is 2.87 bits per heavy atom. The zero-order chi connectivity index (χ0) is 16.0. The van der Waals surface area contributed by atoms with E-state index in [0.717, 1.165) is 12.8 Å². The molecular weight excluding hydrogens is 296 g/mol. The van der Waals surface area contributed by atoms with Crippen LogP contribution in [0.15, 0.2) is 40.7 Å². The number of aryl methyl sites for hydroxylation is 1. The van der Waals surface area contributed by atoms with Gasteiger partial charge >= 0.3 is 5.97 Å². The van der Waals surface area contributed by atoms with Crippen LogP contribution in [0.2, 0.25) is 0 Å². The summed E-state index contributed by atoms with van der Waals surface area (Å²) in [5.74, 6) is 1.15. The summed E-state index contributed by atoms with van der Waals surface area (Å²) in [5, 5.41) is 0. The summed E-state index contributed by atoms with van der Waals surface area (Å²) in [6.07, 6.45) is 4.85. The fraction of sp³-hybridized carbons (Fsp3) is 0.222. The van der Waals surface area contributed by atoms with E-state index >= 15 is 0 Å². The number of fused-ring (bicyclic) bond motifs is 1. The Labute approximate surface area is 132 Å². The summed E-state index contributed by atoms with van der Waals surface area (Å²) in [6, 6.07) is 6.75. The molecule has 0 amide bonds. The number of Topliss-reactive ketones (excluding diaryl/α,β-unsaturated/α-hetero) is 1. The molecule has 2 aromatic rings. The number of hydrogen-bond acceptors (Lipinski definition) is 5. The highest BCUT2D eigenvalue weighted by molar-refractivity contribution is 6.15. The molecule has 4 rings (SSSR count). The van der Waals surface area contributed by atoms with Crippen molar-refractivity contribution in [1.29, 1.82) is 0 Å². The zero-order valence-corrected chi connectivity index (χ0v) is 12.5. The van der Waals surface area contributed by atoms with E-state index in [1.165, 1.54) is 6.26 Å². The first-order valence-electron chi connectivity index (χ1n) is 7.46. The summed E-state index contributed by atoms with van der Waals surface area (Å²) in [6.45, 7) is 1.80. The van der Waals surface area contributed by atoms with E-state index in [9.17, 15) is 9.59 Å². The van der Waals surface area contributed by atoms with E-state index in [1.54, 1.807) is 37.3 Å². The van der Waals surface area contributed by atoms with Crippen LogP contribution >= 0.6 is 0 Å². The van der Waals surface area contributed by atoms with Crippen LogP contribution in [0.1, 0.15) is 34.5 Å². The lowest BCUT2D eigenvalue weighted by Gasteiger charge is -2.07. The fourth-order valence-electron chi connectivity index (χ4n) is 2.56. The van der Waals surface area contributed by atoms with Gasteiger partial charge in [0.1, 0.15) is 17.3 Å². The molecule has 1 aromatic heterocycles. The standard InChI is InChI=1S/C18H14O5/c1-10-7-13(22-18(20)11-4-5-11)9-14-16(10)17(19)15(23-14)8-12-3-2-6-21-12/h2-3,6-9,11H,4-5H2,1H3/b15-8-. The molecule has 1 aliphatic heterocycles. The van der Waals surface area contributed by atoms with Crippen molar-refractivity contribution in [2.45, 2.75) is 19.8 Å². The van der Waals surface area contributed by atoms with Gasteiger partial charge in [-0.1, -0.05) is 0 Å². The number of benzene rings is 1. The Balaban J connectivity index is 1.64. The normalized spacial score (nSPS) is 18.0. The smallest absolute Gasteiger partial charge is 0.314 e. The average molecular weight is 310 g/mol. The van der Waals surface area contributed by atoms with Gasteiger partial charge in [-0.15, -0.1) is 0 Å². The summed E-state index contributed by atoms with van der Waals surface area (Å²) in [5.41, 5.74) is 1.21. The minimum Gasteiger partial charge on any atom is -0.465 e. The van der Waals surface area contributed by atoms with Crippen LogP contribution in [-0.4, -0.2) is 11.8 Å². The molecule has 0 radical (unpaired) electrons. The summed E-state index contributed by atoms with van der Waals surface area (Å²) in [7, 11) is 0. The van der Waals surface area contributed by atoms with E-state index in [1.807, 2.05) is 0 Å². The fourth-order valence-corrected chi connectivity index (χ4v) is 2.56. The number of carbonyl (C=O) groups excluding carboxylic acids is 2. The minimum atomic E-state index is -0.222. The number of esters is 1. The Morgan fingerprint density at radius 1 is 1.35 bits per heavy atom. The van der Waals surface area contributed by atoms with Gasteiger partial charge in [-0.25, -0.2) is 0 Å². The number of ether oxygens (including phenoxy) is 2. The van der Waals surface area contributed by atoms with Crippen LogP contribution in [0.25, 0.3) is 6.08 Å². The van der Waals surface area contributed by atoms with Crippen molar-refractivity contribution in [3.8, 4) is 11.5 Å². The molecule has 5 heteroatoms. The number of rotatable bonds is 3. The molecule has 0 atom stereocenters. The lowest BCUT2D eigenvalue weighted by atomic mass is 10.0. The van der Waals surface area contributed by atoms with Crippen LogP contribution in [0.4, 0.5) is 0 Å². The van der Waals surface area contributed by atoms with E-state index in [0.29, 0.717) is 28.4 Å². The summed E-state index contributed by atoms with van der Waals surface area (Å²) in [4.78, 5) is 24.2. The second-order valence-corrected chi connectivity index (χ2v) is 5.76. The molecule has 1 fully saturated rings. The largest absolute Gasteiger partial charge is 0.465 e. The first-order valence-corrected chi connectivity index (χ1v) is 7.46. The van der Waals surface area contributed by atoms with Gasteiger partial charge in [-0.05, 0) is 43.5 Å². The molecule has 0 saturated heterocycles. The highest BCUT2D eigenvalue weighted by Gasteiger charge is 2.33. The first-order chi connectivity index (χ1) is 11.1. The molecule has 1 aliphatic carbocycles. The third-order valence-electron chi connectivity index (χ3n) is 3.89. The van der Waals surface area contributed by atoms with Crippen molar-refractivity contribution in [2.75, 3.05) is 0 Å². The number of allylic oxidation sites excluding steroid dienone is 1. The Kier molecular flexibility index (Phi) is 3.08. The lowest BCUT2D eigenvalue weighted by Crippen LogP contribution is -2.10.